The normalized spacial score (nSPS) is 12.4. The number of hydrogen-bond acceptors (Lipinski definition) is 3. The minimum atomic E-state index is -0.414. The van der Waals surface area contributed by atoms with E-state index >= 15 is 0 Å². The number of hydrogen-bond donors (Lipinski definition) is 2. The third-order valence-electron chi connectivity index (χ3n) is 4.76. The molecule has 0 atom stereocenters. The summed E-state index contributed by atoms with van der Waals surface area (Å²) in [7, 11) is 0. The zero-order chi connectivity index (χ0) is 19.3. The average molecular weight is 371 g/mol. The Morgan fingerprint density at radius 1 is 1.04 bits per heavy atom. The number of amides is 1. The maximum absolute atomic E-state index is 11.0. The molecule has 2 aromatic heterocycles. The zero-order valence-electron chi connectivity index (χ0n) is 15.4. The lowest BCUT2D eigenvalue weighted by Crippen LogP contribution is -2.10. The first-order valence-electron chi connectivity index (χ1n) is 9.25. The fourth-order valence-electron chi connectivity index (χ4n) is 3.32. The molecule has 5 nitrogen and oxygen atoms in total. The molecule has 1 aliphatic heterocycles. The molecule has 5 heteroatoms. The van der Waals surface area contributed by atoms with Crippen molar-refractivity contribution in [2.45, 2.75) is 12.8 Å². The van der Waals surface area contributed by atoms with Crippen LogP contribution in [0.3, 0.4) is 0 Å². The van der Waals surface area contributed by atoms with Crippen molar-refractivity contribution in [3.8, 4) is 16.9 Å². The van der Waals surface area contributed by atoms with Crippen molar-refractivity contribution >= 4 is 16.9 Å². The highest BCUT2D eigenvalue weighted by atomic mass is 16.5. The van der Waals surface area contributed by atoms with Crippen LogP contribution in [-0.2, 0) is 6.42 Å². The second-order valence-electron chi connectivity index (χ2n) is 6.60. The Morgan fingerprint density at radius 2 is 1.86 bits per heavy atom. The number of rotatable bonds is 2. The van der Waals surface area contributed by atoms with Gasteiger partial charge in [-0.15, -0.1) is 0 Å². The molecule has 140 valence electrons. The molecule has 4 aromatic rings. The molecule has 0 fully saturated rings. The number of aryl methyl sites for hydroxylation is 1. The molecule has 0 radical (unpaired) electrons. The lowest BCUT2D eigenvalue weighted by Gasteiger charge is -2.15. The van der Waals surface area contributed by atoms with Crippen LogP contribution in [0.5, 0.6) is 5.75 Å². The minimum Gasteiger partial charge on any atom is -0.493 e. The van der Waals surface area contributed by atoms with Crippen LogP contribution in [0.2, 0.25) is 0 Å². The van der Waals surface area contributed by atoms with Gasteiger partial charge in [-0.25, -0.2) is 4.98 Å². The molecule has 0 bridgehead atoms. The highest BCUT2D eigenvalue weighted by Gasteiger charge is 2.07. The number of benzene rings is 2. The number of primary amides is 1. The number of carbonyl (C=O) groups is 1. The number of aromatic amines is 1. The largest absolute Gasteiger partial charge is 0.493 e. The second-order valence-corrected chi connectivity index (χ2v) is 6.60. The van der Waals surface area contributed by atoms with Gasteiger partial charge in [0, 0.05) is 23.3 Å². The molecular weight excluding hydrogens is 350 g/mol. The van der Waals surface area contributed by atoms with Gasteiger partial charge in [0.1, 0.15) is 11.4 Å². The molecule has 0 aliphatic carbocycles. The summed E-state index contributed by atoms with van der Waals surface area (Å²) in [6.45, 7) is 0.886. The quantitative estimate of drug-likeness (QED) is 0.550. The number of para-hydroxylation sites is 1. The van der Waals surface area contributed by atoms with Gasteiger partial charge in [0.15, 0.2) is 0 Å². The first kappa shape index (κ1) is 17.8. The second kappa shape index (κ2) is 7.96. The monoisotopic (exact) mass is 371 g/mol. The minimum absolute atomic E-state index is 0.414. The number of nitrogens with one attached hydrogen (secondary N) is 1. The number of carbonyl (C=O) groups excluding carboxylic acids is 1. The Bertz CT molecular complexity index is 1080. The molecule has 3 N–H and O–H groups in total. The van der Waals surface area contributed by atoms with Gasteiger partial charge in [0.25, 0.3) is 0 Å². The summed E-state index contributed by atoms with van der Waals surface area (Å²) in [6.07, 6.45) is 5.96. The molecular formula is C23H21N3O2. The van der Waals surface area contributed by atoms with Crippen LogP contribution < -0.4 is 10.5 Å². The molecule has 0 unspecified atom stereocenters. The molecule has 3 heterocycles. The number of nitrogens with two attached hydrogens (primary N) is 1. The van der Waals surface area contributed by atoms with Crippen LogP contribution in [0.4, 0.5) is 0 Å². The van der Waals surface area contributed by atoms with Gasteiger partial charge in [-0.1, -0.05) is 30.3 Å². The topological polar surface area (TPSA) is 81.0 Å². The number of ether oxygens (including phenoxy) is 1. The van der Waals surface area contributed by atoms with E-state index in [0.717, 1.165) is 40.9 Å². The van der Waals surface area contributed by atoms with Crippen LogP contribution in [0.1, 0.15) is 22.3 Å². The number of nitrogens with zero attached hydrogens (tertiary/aromatic N) is 1. The van der Waals surface area contributed by atoms with Crippen LogP contribution in [0, 0.1) is 0 Å². The van der Waals surface area contributed by atoms with Crippen molar-refractivity contribution in [2.75, 3.05) is 6.61 Å². The van der Waals surface area contributed by atoms with E-state index in [2.05, 4.69) is 22.1 Å². The summed E-state index contributed by atoms with van der Waals surface area (Å²) >= 11 is 0. The predicted molar refractivity (Wildman–Crippen MR) is 110 cm³/mol. The Hall–Kier alpha value is -3.60. The molecule has 0 saturated carbocycles. The van der Waals surface area contributed by atoms with E-state index in [1.165, 1.54) is 12.0 Å². The molecule has 0 saturated heterocycles. The fourth-order valence-corrected chi connectivity index (χ4v) is 3.32. The van der Waals surface area contributed by atoms with Crippen molar-refractivity contribution in [3.63, 3.8) is 0 Å². The summed E-state index contributed by atoms with van der Waals surface area (Å²) < 4.78 is 5.42. The lowest BCUT2D eigenvalue weighted by molar-refractivity contribution is 0.100. The van der Waals surface area contributed by atoms with E-state index in [1.54, 1.807) is 18.3 Å². The number of fused-ring (bicyclic) bond motifs is 2. The SMILES string of the molecule is NC(=O)c1ccc(-c2ccnc3[nH]ccc23)cc1.c1ccc2c(c1)CCCO2. The number of pyridine rings is 1. The first-order valence-corrected chi connectivity index (χ1v) is 9.25. The summed E-state index contributed by atoms with van der Waals surface area (Å²) in [5.41, 5.74) is 10.1. The Kier molecular flexibility index (Phi) is 5.06. The van der Waals surface area contributed by atoms with Crippen LogP contribution in [0.15, 0.2) is 73.1 Å². The molecule has 28 heavy (non-hydrogen) atoms. The van der Waals surface area contributed by atoms with Crippen molar-refractivity contribution < 1.29 is 9.53 Å². The number of H-pyrrole nitrogens is 1. The molecule has 5 rings (SSSR count). The summed E-state index contributed by atoms with van der Waals surface area (Å²) in [4.78, 5) is 18.3. The smallest absolute Gasteiger partial charge is 0.248 e. The first-order chi connectivity index (χ1) is 13.7. The molecule has 0 spiro atoms. The van der Waals surface area contributed by atoms with Crippen LogP contribution >= 0.6 is 0 Å². The Labute approximate surface area is 163 Å². The van der Waals surface area contributed by atoms with E-state index in [1.807, 2.05) is 42.6 Å². The predicted octanol–water partition coefficient (Wildman–Crippen LogP) is 4.34. The lowest BCUT2D eigenvalue weighted by atomic mass is 10.0. The van der Waals surface area contributed by atoms with E-state index in [0.29, 0.717) is 5.56 Å². The summed E-state index contributed by atoms with van der Waals surface area (Å²) in [5.74, 6) is 0.664. The van der Waals surface area contributed by atoms with E-state index in [-0.39, 0.29) is 0 Å². The standard InChI is InChI=1S/C14H11N3O.C9H10O/c15-13(18)10-3-1-9(2-4-10)11-5-7-16-14-12(11)6-8-17-14;1-2-6-9-8(4-1)5-3-7-10-9/h1-8H,(H2,15,18)(H,16,17);1-2,4,6H,3,5,7H2. The Morgan fingerprint density at radius 3 is 2.64 bits per heavy atom. The van der Waals surface area contributed by atoms with Gasteiger partial charge < -0.3 is 15.5 Å². The number of aromatic nitrogens is 2. The van der Waals surface area contributed by atoms with E-state index in [9.17, 15) is 4.79 Å². The van der Waals surface area contributed by atoms with E-state index < -0.39 is 5.91 Å². The van der Waals surface area contributed by atoms with Crippen molar-refractivity contribution in [2.24, 2.45) is 5.73 Å². The van der Waals surface area contributed by atoms with Crippen molar-refractivity contribution in [1.82, 2.24) is 9.97 Å². The van der Waals surface area contributed by atoms with Crippen LogP contribution in [-0.4, -0.2) is 22.5 Å². The third kappa shape index (κ3) is 3.74. The van der Waals surface area contributed by atoms with Crippen LogP contribution in [0.25, 0.3) is 22.2 Å². The van der Waals surface area contributed by atoms with Gasteiger partial charge in [-0.05, 0) is 59.9 Å². The van der Waals surface area contributed by atoms with Gasteiger partial charge in [0.05, 0.1) is 6.61 Å². The average Bonchev–Trinajstić information content (AvgIpc) is 3.23. The maximum atomic E-state index is 11.0. The summed E-state index contributed by atoms with van der Waals surface area (Å²) in [5, 5.41) is 1.06. The van der Waals surface area contributed by atoms with Gasteiger partial charge in [-0.2, -0.15) is 0 Å². The van der Waals surface area contributed by atoms with Gasteiger partial charge in [-0.3, -0.25) is 4.79 Å². The highest BCUT2D eigenvalue weighted by molar-refractivity contribution is 5.95. The highest BCUT2D eigenvalue weighted by Crippen LogP contribution is 2.27. The molecule has 1 amide bonds. The fraction of sp³-hybridized carbons (Fsp3) is 0.130. The van der Waals surface area contributed by atoms with Crippen molar-refractivity contribution in [1.29, 1.82) is 0 Å². The Balaban J connectivity index is 0.000000162. The van der Waals surface area contributed by atoms with Gasteiger partial charge >= 0.3 is 0 Å². The molecule has 2 aromatic carbocycles. The van der Waals surface area contributed by atoms with Gasteiger partial charge in [0.2, 0.25) is 5.91 Å². The van der Waals surface area contributed by atoms with Crippen molar-refractivity contribution in [3.05, 3.63) is 84.2 Å². The zero-order valence-corrected chi connectivity index (χ0v) is 15.4. The van der Waals surface area contributed by atoms with E-state index in [4.69, 9.17) is 10.5 Å². The maximum Gasteiger partial charge on any atom is 0.248 e. The third-order valence-corrected chi connectivity index (χ3v) is 4.76. The summed E-state index contributed by atoms with van der Waals surface area (Å²) in [6, 6.07) is 19.4. The molecule has 1 aliphatic rings.